The van der Waals surface area contributed by atoms with E-state index in [9.17, 15) is 0 Å². The van der Waals surface area contributed by atoms with Gasteiger partial charge in [-0.05, 0) is 67.9 Å². The van der Waals surface area contributed by atoms with Crippen LogP contribution in [0.5, 0.6) is 5.75 Å². The number of hydrogen-bond acceptors (Lipinski definition) is 3. The Labute approximate surface area is 165 Å². The minimum atomic E-state index is -1.41. The Morgan fingerprint density at radius 1 is 0.852 bits per heavy atom. The van der Waals surface area contributed by atoms with Gasteiger partial charge in [0.25, 0.3) is 0 Å². The number of nitriles is 1. The van der Waals surface area contributed by atoms with Crippen molar-refractivity contribution in [2.24, 2.45) is 0 Å². The lowest BCUT2D eigenvalue weighted by Gasteiger charge is -2.21. The Hall–Kier alpha value is -2.09. The molecule has 0 bridgehead atoms. The zero-order chi connectivity index (χ0) is 19.5. The minimum Gasteiger partial charge on any atom is -0.494 e. The number of unbranched alkanes of at least 4 members (excludes halogenated alkanes) is 3. The van der Waals surface area contributed by atoms with Crippen LogP contribution >= 0.6 is 0 Å². The fraction of sp³-hybridized carbons (Fsp3) is 0.435. The molecular formula is C23H31NO2Si. The molecule has 0 unspecified atom stereocenters. The van der Waals surface area contributed by atoms with Crippen molar-refractivity contribution in [3.63, 3.8) is 0 Å². The van der Waals surface area contributed by atoms with Gasteiger partial charge in [-0.25, -0.2) is 0 Å². The highest BCUT2D eigenvalue weighted by atomic mass is 28.4. The molecule has 0 aliphatic heterocycles. The second-order valence-electron chi connectivity index (χ2n) is 7.42. The average molecular weight is 382 g/mol. The van der Waals surface area contributed by atoms with Crippen molar-refractivity contribution in [2.45, 2.75) is 51.7 Å². The average Bonchev–Trinajstić information content (AvgIpc) is 2.68. The summed E-state index contributed by atoms with van der Waals surface area (Å²) < 4.78 is 11.7. The van der Waals surface area contributed by atoms with E-state index in [0.29, 0.717) is 5.56 Å². The zero-order valence-electron chi connectivity index (χ0n) is 16.8. The first-order valence-corrected chi connectivity index (χ1v) is 13.0. The van der Waals surface area contributed by atoms with Crippen molar-refractivity contribution in [2.75, 3.05) is 13.2 Å². The van der Waals surface area contributed by atoms with Crippen molar-refractivity contribution in [1.29, 1.82) is 5.26 Å². The summed E-state index contributed by atoms with van der Waals surface area (Å²) in [7, 11) is -1.41. The molecule has 0 fully saturated rings. The molecule has 2 aromatic rings. The highest BCUT2D eigenvalue weighted by Gasteiger charge is 2.20. The molecule has 0 spiro atoms. The number of hydrogen-bond donors (Lipinski definition) is 0. The summed E-state index contributed by atoms with van der Waals surface area (Å²) >= 11 is 0. The Morgan fingerprint density at radius 2 is 1.44 bits per heavy atom. The lowest BCUT2D eigenvalue weighted by molar-refractivity contribution is 0.304. The molecule has 3 nitrogen and oxygen atoms in total. The number of ether oxygens (including phenoxy) is 1. The first kappa shape index (κ1) is 21.2. The molecule has 0 radical (unpaired) electrons. The van der Waals surface area contributed by atoms with Gasteiger partial charge in [0.2, 0.25) is 0 Å². The van der Waals surface area contributed by atoms with Gasteiger partial charge >= 0.3 is 0 Å². The molecule has 0 amide bonds. The van der Waals surface area contributed by atoms with Crippen LogP contribution in [-0.2, 0) is 4.43 Å². The summed E-state index contributed by atoms with van der Waals surface area (Å²) in [5, 5.41) is 8.87. The SMILES string of the molecule is CCO[Si](C)(C)CCCCCCOc1ccc(-c2ccc(C#N)cc2)cc1. The van der Waals surface area contributed by atoms with Crippen LogP contribution in [0.15, 0.2) is 48.5 Å². The molecule has 2 aromatic carbocycles. The van der Waals surface area contributed by atoms with Gasteiger partial charge in [0.05, 0.1) is 18.2 Å². The van der Waals surface area contributed by atoms with Crippen molar-refractivity contribution in [3.8, 4) is 22.9 Å². The highest BCUT2D eigenvalue weighted by Crippen LogP contribution is 2.23. The zero-order valence-corrected chi connectivity index (χ0v) is 17.8. The molecule has 0 heterocycles. The maximum Gasteiger partial charge on any atom is 0.186 e. The van der Waals surface area contributed by atoms with E-state index in [2.05, 4.69) is 38.2 Å². The fourth-order valence-corrected chi connectivity index (χ4v) is 5.17. The Morgan fingerprint density at radius 3 is 2.04 bits per heavy atom. The molecule has 0 aromatic heterocycles. The Kier molecular flexibility index (Phi) is 8.57. The normalized spacial score (nSPS) is 11.2. The third-order valence-corrected chi connectivity index (χ3v) is 7.31. The van der Waals surface area contributed by atoms with E-state index in [-0.39, 0.29) is 0 Å². The third kappa shape index (κ3) is 7.58. The highest BCUT2D eigenvalue weighted by molar-refractivity contribution is 6.71. The van der Waals surface area contributed by atoms with Gasteiger partial charge in [-0.3, -0.25) is 0 Å². The lowest BCUT2D eigenvalue weighted by atomic mass is 10.0. The maximum absolute atomic E-state index is 8.87. The monoisotopic (exact) mass is 381 g/mol. The Bertz CT molecular complexity index is 718. The van der Waals surface area contributed by atoms with Gasteiger partial charge in [0.1, 0.15) is 5.75 Å². The first-order valence-electron chi connectivity index (χ1n) is 9.91. The van der Waals surface area contributed by atoms with Crippen molar-refractivity contribution in [1.82, 2.24) is 0 Å². The summed E-state index contributed by atoms with van der Waals surface area (Å²) in [6.07, 6.45) is 4.82. The van der Waals surface area contributed by atoms with Crippen LogP contribution in [0.3, 0.4) is 0 Å². The maximum atomic E-state index is 8.87. The molecule has 0 atom stereocenters. The fourth-order valence-electron chi connectivity index (χ4n) is 3.14. The van der Waals surface area contributed by atoms with Gasteiger partial charge in [-0.2, -0.15) is 5.26 Å². The van der Waals surface area contributed by atoms with Crippen molar-refractivity contribution in [3.05, 3.63) is 54.1 Å². The van der Waals surface area contributed by atoms with Crippen molar-refractivity contribution < 1.29 is 9.16 Å². The summed E-state index contributed by atoms with van der Waals surface area (Å²) in [4.78, 5) is 0. The van der Waals surface area contributed by atoms with Crippen LogP contribution in [0.4, 0.5) is 0 Å². The van der Waals surface area contributed by atoms with E-state index in [1.54, 1.807) is 0 Å². The van der Waals surface area contributed by atoms with E-state index < -0.39 is 8.32 Å². The van der Waals surface area contributed by atoms with E-state index in [0.717, 1.165) is 36.5 Å². The predicted octanol–water partition coefficient (Wildman–Crippen LogP) is 6.41. The van der Waals surface area contributed by atoms with Crippen LogP contribution in [0, 0.1) is 11.3 Å². The minimum absolute atomic E-state index is 0.683. The summed E-state index contributed by atoms with van der Waals surface area (Å²) in [5.74, 6) is 0.914. The topological polar surface area (TPSA) is 42.2 Å². The van der Waals surface area contributed by atoms with Crippen LogP contribution in [-0.4, -0.2) is 21.5 Å². The third-order valence-electron chi connectivity index (χ3n) is 4.68. The van der Waals surface area contributed by atoms with Gasteiger partial charge < -0.3 is 9.16 Å². The van der Waals surface area contributed by atoms with E-state index in [1.165, 1.54) is 25.3 Å². The lowest BCUT2D eigenvalue weighted by Crippen LogP contribution is -2.29. The Balaban J connectivity index is 1.66. The van der Waals surface area contributed by atoms with Crippen LogP contribution in [0.1, 0.15) is 38.2 Å². The predicted molar refractivity (Wildman–Crippen MR) is 114 cm³/mol. The quantitative estimate of drug-likeness (QED) is 0.334. The van der Waals surface area contributed by atoms with Gasteiger partial charge in [-0.1, -0.05) is 43.5 Å². The molecule has 0 saturated heterocycles. The summed E-state index contributed by atoms with van der Waals surface area (Å²) in [6, 6.07) is 19.2. The number of nitrogens with zero attached hydrogens (tertiary/aromatic N) is 1. The molecule has 2 rings (SSSR count). The van der Waals surface area contributed by atoms with Crippen LogP contribution in [0.25, 0.3) is 11.1 Å². The molecule has 0 aliphatic rings. The molecular weight excluding hydrogens is 350 g/mol. The second kappa shape index (κ2) is 10.9. The molecule has 4 heteroatoms. The smallest absolute Gasteiger partial charge is 0.186 e. The first-order chi connectivity index (χ1) is 13.0. The van der Waals surface area contributed by atoms with Gasteiger partial charge in [-0.15, -0.1) is 0 Å². The van der Waals surface area contributed by atoms with E-state index in [4.69, 9.17) is 14.4 Å². The molecule has 0 aliphatic carbocycles. The summed E-state index contributed by atoms with van der Waals surface area (Å²) in [6.45, 7) is 8.31. The molecule has 0 N–H and O–H groups in total. The van der Waals surface area contributed by atoms with Gasteiger partial charge in [0.15, 0.2) is 8.32 Å². The molecule has 144 valence electrons. The largest absolute Gasteiger partial charge is 0.494 e. The van der Waals surface area contributed by atoms with Crippen LogP contribution < -0.4 is 4.74 Å². The van der Waals surface area contributed by atoms with Gasteiger partial charge in [0, 0.05) is 6.61 Å². The van der Waals surface area contributed by atoms with E-state index in [1.807, 2.05) is 36.4 Å². The standard InChI is InChI=1S/C23H31NO2Si/c1-4-26-27(2,3)18-8-6-5-7-17-25-23-15-13-22(14-16-23)21-11-9-20(19-24)10-12-21/h9-16H,4-8,17-18H2,1-3H3. The molecule has 0 saturated carbocycles. The molecule has 27 heavy (non-hydrogen) atoms. The number of benzene rings is 2. The van der Waals surface area contributed by atoms with Crippen molar-refractivity contribution >= 4 is 8.32 Å². The summed E-state index contributed by atoms with van der Waals surface area (Å²) in [5.41, 5.74) is 2.93. The number of rotatable bonds is 11. The second-order valence-corrected chi connectivity index (χ2v) is 11.7. The van der Waals surface area contributed by atoms with Crippen LogP contribution in [0.2, 0.25) is 19.1 Å². The van der Waals surface area contributed by atoms with E-state index >= 15 is 0 Å².